The molecule has 2 saturated heterocycles. The minimum Gasteiger partial charge on any atom is -0.481 e. The molecule has 1 unspecified atom stereocenters. The summed E-state index contributed by atoms with van der Waals surface area (Å²) in [7, 11) is 0. The molecule has 1 aromatic heterocycles. The first-order chi connectivity index (χ1) is 18.2. The molecule has 1 aromatic carbocycles. The maximum Gasteiger partial charge on any atom is 0.309 e. The number of likely N-dealkylation sites (tertiary alicyclic amines) is 1. The predicted molar refractivity (Wildman–Crippen MR) is 151 cm³/mol. The number of carboxylic acid groups (broad SMARTS) is 1. The molecule has 7 nitrogen and oxygen atoms in total. The number of hydrogen-bond donors (Lipinski definition) is 2. The van der Waals surface area contributed by atoms with Gasteiger partial charge < -0.3 is 20.2 Å². The molecule has 3 heterocycles. The second-order valence-electron chi connectivity index (χ2n) is 12.3. The number of piperidine rings is 1. The Kier molecular flexibility index (Phi) is 6.98. The largest absolute Gasteiger partial charge is 0.481 e. The third-order valence-electron chi connectivity index (χ3n) is 9.36. The Hall–Kier alpha value is -2.09. The smallest absolute Gasteiger partial charge is 0.309 e. The average Bonchev–Trinajstić information content (AvgIpc) is 3.66. The van der Waals surface area contributed by atoms with Gasteiger partial charge in [-0.3, -0.25) is 4.79 Å². The van der Waals surface area contributed by atoms with E-state index in [2.05, 4.69) is 22.0 Å². The van der Waals surface area contributed by atoms with Crippen molar-refractivity contribution >= 4 is 40.9 Å². The van der Waals surface area contributed by atoms with Crippen molar-refractivity contribution in [3.63, 3.8) is 0 Å². The zero-order valence-corrected chi connectivity index (χ0v) is 23.7. The van der Waals surface area contributed by atoms with Crippen LogP contribution in [0.1, 0.15) is 75.5 Å². The van der Waals surface area contributed by atoms with Gasteiger partial charge in [-0.25, -0.2) is 4.98 Å². The van der Waals surface area contributed by atoms with E-state index in [0.29, 0.717) is 33.8 Å². The topological polar surface area (TPSA) is 81.6 Å². The van der Waals surface area contributed by atoms with Crippen molar-refractivity contribution in [2.75, 3.05) is 36.4 Å². The van der Waals surface area contributed by atoms with Crippen molar-refractivity contribution in [3.05, 3.63) is 45.6 Å². The monoisotopic (exact) mass is 557 g/mol. The lowest BCUT2D eigenvalue weighted by Crippen LogP contribution is -2.58. The molecule has 0 radical (unpaired) electrons. The van der Waals surface area contributed by atoms with Crippen LogP contribution in [-0.4, -0.2) is 58.2 Å². The number of hydrogen-bond acceptors (Lipinski definition) is 6. The lowest BCUT2D eigenvalue weighted by atomic mass is 9.65. The molecule has 204 valence electrons. The van der Waals surface area contributed by atoms with E-state index in [1.165, 1.54) is 31.2 Å². The molecule has 0 bridgehead atoms. The first kappa shape index (κ1) is 26.1. The Morgan fingerprint density at radius 2 is 1.92 bits per heavy atom. The van der Waals surface area contributed by atoms with Crippen molar-refractivity contribution in [2.24, 2.45) is 17.3 Å². The first-order valence-electron chi connectivity index (χ1n) is 14.0. The van der Waals surface area contributed by atoms with Crippen LogP contribution in [0.25, 0.3) is 0 Å². The van der Waals surface area contributed by atoms with Crippen LogP contribution < -0.4 is 10.2 Å². The number of carbonyl (C=O) groups is 1. The summed E-state index contributed by atoms with van der Waals surface area (Å²) in [6.07, 6.45) is 8.40. The van der Waals surface area contributed by atoms with Gasteiger partial charge in [0, 0.05) is 47.5 Å². The summed E-state index contributed by atoms with van der Waals surface area (Å²) in [6.45, 7) is 8.15. The van der Waals surface area contributed by atoms with Gasteiger partial charge in [0.15, 0.2) is 0 Å². The Labute approximate surface area is 234 Å². The SMILES string of the molecule is C[C@@H](Nc1nc(N2CC(C3CCCN(C4CC(C)(C(=O)O)C4)C3)C2)ncc1C1CC1)c1ccc(Cl)cc1Cl. The van der Waals surface area contributed by atoms with Crippen LogP contribution in [-0.2, 0) is 4.79 Å². The quantitative estimate of drug-likeness (QED) is 0.397. The summed E-state index contributed by atoms with van der Waals surface area (Å²) in [5, 5.41) is 14.4. The molecule has 4 aliphatic rings. The zero-order chi connectivity index (χ0) is 26.6. The first-order valence-corrected chi connectivity index (χ1v) is 14.8. The Morgan fingerprint density at radius 1 is 1.16 bits per heavy atom. The predicted octanol–water partition coefficient (Wildman–Crippen LogP) is 6.24. The van der Waals surface area contributed by atoms with E-state index < -0.39 is 11.4 Å². The fourth-order valence-electron chi connectivity index (χ4n) is 6.62. The molecular formula is C29H37Cl2N5O2. The van der Waals surface area contributed by atoms with Gasteiger partial charge in [0.25, 0.3) is 0 Å². The van der Waals surface area contributed by atoms with Crippen LogP contribution in [0.5, 0.6) is 0 Å². The number of nitrogens with one attached hydrogen (secondary N) is 1. The zero-order valence-electron chi connectivity index (χ0n) is 22.2. The summed E-state index contributed by atoms with van der Waals surface area (Å²) < 4.78 is 0. The lowest BCUT2D eigenvalue weighted by molar-refractivity contribution is -0.158. The minimum atomic E-state index is -0.649. The molecule has 2 N–H and O–H groups in total. The van der Waals surface area contributed by atoms with Gasteiger partial charge in [-0.05, 0) is 94.4 Å². The highest BCUT2D eigenvalue weighted by Crippen LogP contribution is 2.46. The van der Waals surface area contributed by atoms with E-state index in [-0.39, 0.29) is 6.04 Å². The molecule has 2 saturated carbocycles. The van der Waals surface area contributed by atoms with Gasteiger partial charge in [0.2, 0.25) is 5.95 Å². The number of halogens is 2. The average molecular weight is 559 g/mol. The highest BCUT2D eigenvalue weighted by atomic mass is 35.5. The number of rotatable bonds is 8. The molecule has 9 heteroatoms. The summed E-state index contributed by atoms with van der Waals surface area (Å²) in [4.78, 5) is 26.2. The van der Waals surface area contributed by atoms with Gasteiger partial charge in [0.05, 0.1) is 11.5 Å². The van der Waals surface area contributed by atoms with E-state index in [0.717, 1.165) is 56.4 Å². The number of nitrogens with zero attached hydrogens (tertiary/aromatic N) is 4. The number of aromatic nitrogens is 2. The molecule has 38 heavy (non-hydrogen) atoms. The fourth-order valence-corrected chi connectivity index (χ4v) is 7.19. The van der Waals surface area contributed by atoms with E-state index in [1.54, 1.807) is 6.07 Å². The van der Waals surface area contributed by atoms with E-state index >= 15 is 0 Å². The maximum absolute atomic E-state index is 11.5. The van der Waals surface area contributed by atoms with E-state index in [1.807, 2.05) is 25.3 Å². The van der Waals surface area contributed by atoms with Gasteiger partial charge >= 0.3 is 5.97 Å². The summed E-state index contributed by atoms with van der Waals surface area (Å²) in [6, 6.07) is 6.05. The van der Waals surface area contributed by atoms with Crippen molar-refractivity contribution in [2.45, 2.75) is 70.4 Å². The summed E-state index contributed by atoms with van der Waals surface area (Å²) >= 11 is 12.6. The molecule has 2 aliphatic heterocycles. The molecule has 2 atom stereocenters. The third kappa shape index (κ3) is 5.09. The third-order valence-corrected chi connectivity index (χ3v) is 9.92. The van der Waals surface area contributed by atoms with Crippen LogP contribution >= 0.6 is 23.2 Å². The van der Waals surface area contributed by atoms with Crippen LogP contribution in [0, 0.1) is 17.3 Å². The van der Waals surface area contributed by atoms with Gasteiger partial charge in [-0.2, -0.15) is 4.98 Å². The standard InChI is InChI=1S/C29H37Cl2N5O2/c1-17(23-8-7-21(30)10-25(23)31)33-26-24(18-5-6-18)13-32-28(34-26)36-15-20(16-36)19-4-3-9-35(14-19)22-11-29(2,12-22)27(37)38/h7-8,10,13,17-20,22H,3-6,9,11-12,14-16H2,1-2H3,(H,37,38)(H,32,33,34)/t17-,19?,22?,29?/m1/s1. The van der Waals surface area contributed by atoms with Gasteiger partial charge in [-0.1, -0.05) is 29.3 Å². The van der Waals surface area contributed by atoms with Crippen molar-refractivity contribution in [1.29, 1.82) is 0 Å². The van der Waals surface area contributed by atoms with Crippen molar-refractivity contribution in [3.8, 4) is 0 Å². The van der Waals surface area contributed by atoms with Crippen molar-refractivity contribution in [1.82, 2.24) is 14.9 Å². The minimum absolute atomic E-state index is 0.00753. The van der Waals surface area contributed by atoms with Gasteiger partial charge in [-0.15, -0.1) is 0 Å². The molecule has 4 fully saturated rings. The lowest BCUT2D eigenvalue weighted by Gasteiger charge is -2.52. The van der Waals surface area contributed by atoms with Crippen molar-refractivity contribution < 1.29 is 9.90 Å². The van der Waals surface area contributed by atoms with E-state index in [4.69, 9.17) is 33.2 Å². The van der Waals surface area contributed by atoms with Gasteiger partial charge in [0.1, 0.15) is 5.82 Å². The van der Waals surface area contributed by atoms with E-state index in [9.17, 15) is 9.90 Å². The van der Waals surface area contributed by atoms with Crippen LogP contribution in [0.2, 0.25) is 10.0 Å². The highest BCUT2D eigenvalue weighted by molar-refractivity contribution is 6.35. The Bertz CT molecular complexity index is 1210. The fraction of sp³-hybridized carbons (Fsp3) is 0.621. The Morgan fingerprint density at radius 3 is 2.61 bits per heavy atom. The normalized spacial score (nSPS) is 28.9. The molecule has 0 amide bonds. The van der Waals surface area contributed by atoms with Crippen LogP contribution in [0.15, 0.2) is 24.4 Å². The second kappa shape index (κ2) is 10.1. The molecule has 2 aliphatic carbocycles. The number of anilines is 2. The highest BCUT2D eigenvalue weighted by Gasteiger charge is 2.49. The Balaban J connectivity index is 1.09. The number of carboxylic acids is 1. The number of aliphatic carboxylic acids is 1. The second-order valence-corrected chi connectivity index (χ2v) is 13.1. The molecule has 2 aromatic rings. The van der Waals surface area contributed by atoms with Crippen LogP contribution in [0.4, 0.5) is 11.8 Å². The summed E-state index contributed by atoms with van der Waals surface area (Å²) in [5.74, 6) is 2.89. The molecule has 6 rings (SSSR count). The molecule has 0 spiro atoms. The molecular weight excluding hydrogens is 521 g/mol. The number of benzene rings is 1. The van der Waals surface area contributed by atoms with Crippen LogP contribution in [0.3, 0.4) is 0 Å². The maximum atomic E-state index is 11.5. The summed E-state index contributed by atoms with van der Waals surface area (Å²) in [5.41, 5.74) is 1.66.